The van der Waals surface area contributed by atoms with E-state index < -0.39 is 0 Å². The van der Waals surface area contributed by atoms with Crippen LogP contribution in [0, 0.1) is 0 Å². The quantitative estimate of drug-likeness (QED) is 0.512. The molecule has 1 aromatic rings. The Hall–Kier alpha value is -0.810. The van der Waals surface area contributed by atoms with Gasteiger partial charge < -0.3 is 5.32 Å². The van der Waals surface area contributed by atoms with Gasteiger partial charge in [0.15, 0.2) is 5.16 Å². The lowest BCUT2D eigenvalue weighted by Gasteiger charge is -2.11. The van der Waals surface area contributed by atoms with Crippen LogP contribution in [0.25, 0.3) is 0 Å². The van der Waals surface area contributed by atoms with E-state index in [0.717, 1.165) is 6.42 Å². The molecule has 16 heavy (non-hydrogen) atoms. The molecule has 1 unspecified atom stereocenters. The van der Waals surface area contributed by atoms with Crippen molar-refractivity contribution >= 4 is 29.3 Å². The maximum atomic E-state index is 11.8. The Balaban J connectivity index is 2.84. The fourth-order valence-corrected chi connectivity index (χ4v) is 1.61. The van der Waals surface area contributed by atoms with Gasteiger partial charge in [-0.25, -0.2) is 9.97 Å². The number of carbonyl (C=O) groups excluding carboxylic acids is 1. The van der Waals surface area contributed by atoms with Crippen LogP contribution in [0.2, 0.25) is 5.15 Å². The molecule has 0 aliphatic heterocycles. The van der Waals surface area contributed by atoms with Crippen molar-refractivity contribution in [3.05, 3.63) is 16.9 Å². The van der Waals surface area contributed by atoms with Gasteiger partial charge in [-0.3, -0.25) is 4.79 Å². The summed E-state index contributed by atoms with van der Waals surface area (Å²) in [6.07, 6.45) is 4.18. The third-order valence-corrected chi connectivity index (χ3v) is 2.99. The predicted octanol–water partition coefficient (Wildman–Crippen LogP) is 2.38. The number of carbonyl (C=O) groups is 1. The zero-order chi connectivity index (χ0) is 12.1. The van der Waals surface area contributed by atoms with Crippen molar-refractivity contribution in [3.8, 4) is 0 Å². The van der Waals surface area contributed by atoms with Crippen LogP contribution in [0.4, 0.5) is 0 Å². The number of nitrogens with zero attached hydrogens (tertiary/aromatic N) is 2. The summed E-state index contributed by atoms with van der Waals surface area (Å²) in [4.78, 5) is 19.8. The minimum Gasteiger partial charge on any atom is -0.349 e. The lowest BCUT2D eigenvalue weighted by Crippen LogP contribution is -2.32. The first-order chi connectivity index (χ1) is 7.58. The molecule has 4 nitrogen and oxygen atoms in total. The van der Waals surface area contributed by atoms with Crippen LogP contribution in [-0.4, -0.2) is 28.2 Å². The van der Waals surface area contributed by atoms with Gasteiger partial charge >= 0.3 is 0 Å². The molecular weight excluding hydrogens is 246 g/mol. The first-order valence-corrected chi connectivity index (χ1v) is 6.56. The summed E-state index contributed by atoms with van der Waals surface area (Å²) >= 11 is 7.29. The van der Waals surface area contributed by atoms with Crippen molar-refractivity contribution in [2.75, 3.05) is 6.26 Å². The molecule has 0 saturated heterocycles. The average Bonchev–Trinajstić information content (AvgIpc) is 2.28. The van der Waals surface area contributed by atoms with Crippen LogP contribution in [0.15, 0.2) is 11.4 Å². The molecule has 1 N–H and O–H groups in total. The summed E-state index contributed by atoms with van der Waals surface area (Å²) in [5, 5.41) is 3.57. The van der Waals surface area contributed by atoms with E-state index in [1.807, 2.05) is 20.1 Å². The van der Waals surface area contributed by atoms with Crippen LogP contribution in [0.5, 0.6) is 0 Å². The second-order valence-electron chi connectivity index (χ2n) is 3.34. The first kappa shape index (κ1) is 13.3. The van der Waals surface area contributed by atoms with Crippen molar-refractivity contribution < 1.29 is 4.79 Å². The SMILES string of the molecule is CCC(C)NC(=O)c1cnc(SC)nc1Cl. The van der Waals surface area contributed by atoms with Crippen LogP contribution >= 0.6 is 23.4 Å². The zero-order valence-corrected chi connectivity index (χ0v) is 11.0. The highest BCUT2D eigenvalue weighted by Crippen LogP contribution is 2.16. The molecule has 0 aromatic carbocycles. The van der Waals surface area contributed by atoms with Gasteiger partial charge in [0.1, 0.15) is 5.15 Å². The minimum atomic E-state index is -0.230. The molecule has 0 bridgehead atoms. The van der Waals surface area contributed by atoms with Crippen molar-refractivity contribution in [1.82, 2.24) is 15.3 Å². The maximum Gasteiger partial charge on any atom is 0.256 e. The van der Waals surface area contributed by atoms with Crippen LogP contribution in [0.3, 0.4) is 0 Å². The molecular formula is C10H14ClN3OS. The largest absolute Gasteiger partial charge is 0.349 e. The van der Waals surface area contributed by atoms with E-state index >= 15 is 0 Å². The van der Waals surface area contributed by atoms with Gasteiger partial charge in [0.2, 0.25) is 0 Å². The molecule has 0 fully saturated rings. The standard InChI is InChI=1S/C10H14ClN3OS/c1-4-6(2)13-9(15)7-5-12-10(16-3)14-8(7)11/h5-6H,4H2,1-3H3,(H,13,15). The zero-order valence-electron chi connectivity index (χ0n) is 9.45. The fourth-order valence-electron chi connectivity index (χ4n) is 1.00. The van der Waals surface area contributed by atoms with E-state index in [4.69, 9.17) is 11.6 Å². The number of hydrogen-bond acceptors (Lipinski definition) is 4. The summed E-state index contributed by atoms with van der Waals surface area (Å²) in [5.74, 6) is -0.230. The number of thioether (sulfide) groups is 1. The average molecular weight is 260 g/mol. The van der Waals surface area contributed by atoms with Crippen LogP contribution < -0.4 is 5.32 Å². The Kier molecular flexibility index (Phi) is 5.02. The molecule has 0 aliphatic rings. The number of amides is 1. The molecule has 1 atom stereocenters. The molecule has 0 spiro atoms. The Bertz CT molecular complexity index is 386. The minimum absolute atomic E-state index is 0.115. The van der Waals surface area contributed by atoms with Gasteiger partial charge in [-0.1, -0.05) is 30.3 Å². The Morgan fingerprint density at radius 1 is 1.69 bits per heavy atom. The highest BCUT2D eigenvalue weighted by Gasteiger charge is 2.14. The van der Waals surface area contributed by atoms with Gasteiger partial charge in [-0.05, 0) is 19.6 Å². The van der Waals surface area contributed by atoms with Gasteiger partial charge in [0, 0.05) is 12.2 Å². The molecule has 0 saturated carbocycles. The highest BCUT2D eigenvalue weighted by molar-refractivity contribution is 7.98. The molecule has 1 heterocycles. The van der Waals surface area contributed by atoms with E-state index in [9.17, 15) is 4.79 Å². The smallest absolute Gasteiger partial charge is 0.256 e. The van der Waals surface area contributed by atoms with Crippen LogP contribution in [-0.2, 0) is 0 Å². The van der Waals surface area contributed by atoms with Crippen LogP contribution in [0.1, 0.15) is 30.6 Å². The molecule has 1 amide bonds. The highest BCUT2D eigenvalue weighted by atomic mass is 35.5. The van der Waals surface area contributed by atoms with Crippen molar-refractivity contribution in [2.45, 2.75) is 31.5 Å². The van der Waals surface area contributed by atoms with E-state index in [2.05, 4.69) is 15.3 Å². The fraction of sp³-hybridized carbons (Fsp3) is 0.500. The lowest BCUT2D eigenvalue weighted by molar-refractivity contribution is 0.0938. The topological polar surface area (TPSA) is 54.9 Å². The molecule has 0 aliphatic carbocycles. The summed E-state index contributed by atoms with van der Waals surface area (Å²) < 4.78 is 0. The van der Waals surface area contributed by atoms with E-state index in [0.29, 0.717) is 10.7 Å². The summed E-state index contributed by atoms with van der Waals surface area (Å²) in [6.45, 7) is 3.93. The Morgan fingerprint density at radius 3 is 2.88 bits per heavy atom. The monoisotopic (exact) mass is 259 g/mol. The second kappa shape index (κ2) is 6.06. The maximum absolute atomic E-state index is 11.8. The van der Waals surface area contributed by atoms with Gasteiger partial charge in [-0.2, -0.15) is 0 Å². The number of rotatable bonds is 4. The Morgan fingerprint density at radius 2 is 2.38 bits per heavy atom. The molecule has 6 heteroatoms. The Labute approximate surface area is 104 Å². The molecule has 0 radical (unpaired) electrons. The number of hydrogen-bond donors (Lipinski definition) is 1. The third-order valence-electron chi connectivity index (χ3n) is 2.14. The normalized spacial score (nSPS) is 12.2. The molecule has 1 rings (SSSR count). The lowest BCUT2D eigenvalue weighted by atomic mass is 10.2. The second-order valence-corrected chi connectivity index (χ2v) is 4.48. The van der Waals surface area contributed by atoms with Crippen molar-refractivity contribution in [2.24, 2.45) is 0 Å². The first-order valence-electron chi connectivity index (χ1n) is 4.95. The van der Waals surface area contributed by atoms with Crippen molar-refractivity contribution in [1.29, 1.82) is 0 Å². The van der Waals surface area contributed by atoms with Gasteiger partial charge in [0.05, 0.1) is 5.56 Å². The van der Waals surface area contributed by atoms with E-state index in [1.54, 1.807) is 0 Å². The van der Waals surface area contributed by atoms with Crippen molar-refractivity contribution in [3.63, 3.8) is 0 Å². The van der Waals surface area contributed by atoms with Gasteiger partial charge in [-0.15, -0.1) is 0 Å². The summed E-state index contributed by atoms with van der Waals surface area (Å²) in [5.41, 5.74) is 0.319. The van der Waals surface area contributed by atoms with E-state index in [-0.39, 0.29) is 17.1 Å². The summed E-state index contributed by atoms with van der Waals surface area (Å²) in [6, 6.07) is 0.115. The number of halogens is 1. The van der Waals surface area contributed by atoms with Gasteiger partial charge in [0.25, 0.3) is 5.91 Å². The molecule has 1 aromatic heterocycles. The van der Waals surface area contributed by atoms with E-state index in [1.165, 1.54) is 18.0 Å². The third kappa shape index (κ3) is 3.35. The number of aromatic nitrogens is 2. The number of nitrogens with one attached hydrogen (secondary N) is 1. The summed E-state index contributed by atoms with van der Waals surface area (Å²) in [7, 11) is 0. The predicted molar refractivity (Wildman–Crippen MR) is 66.0 cm³/mol. The molecule has 88 valence electrons.